The van der Waals surface area contributed by atoms with Crippen molar-refractivity contribution in [2.24, 2.45) is 11.8 Å². The van der Waals surface area contributed by atoms with Gasteiger partial charge in [-0.25, -0.2) is 0 Å². The molecule has 3 rings (SSSR count). The highest BCUT2D eigenvalue weighted by Crippen LogP contribution is 2.67. The molecule has 33 heavy (non-hydrogen) atoms. The van der Waals surface area contributed by atoms with Gasteiger partial charge in [0.2, 0.25) is 17.7 Å². The maximum absolute atomic E-state index is 13.8. The minimum Gasteiger partial charge on any atom is -0.396 e. The van der Waals surface area contributed by atoms with Crippen LogP contribution in [0.2, 0.25) is 0 Å². The monoisotopic (exact) mass is 545 g/mol. The Kier molecular flexibility index (Phi) is 9.95. The summed E-state index contributed by atoms with van der Waals surface area (Å²) in [6.45, 7) is 6.07. The second-order valence-corrected chi connectivity index (χ2v) is 12.3. The minimum absolute atomic E-state index is 0.0119. The van der Waals surface area contributed by atoms with Crippen LogP contribution in [0.15, 0.2) is 0 Å². The van der Waals surface area contributed by atoms with Crippen molar-refractivity contribution < 1.29 is 19.5 Å². The molecule has 0 aromatic carbocycles. The Bertz CT molecular complexity index is 711. The molecule has 2 bridgehead atoms. The van der Waals surface area contributed by atoms with Crippen LogP contribution >= 0.6 is 27.7 Å². The Labute approximate surface area is 210 Å². The van der Waals surface area contributed by atoms with E-state index in [0.717, 1.165) is 57.8 Å². The van der Waals surface area contributed by atoms with Crippen molar-refractivity contribution in [2.75, 3.05) is 26.2 Å². The second-order valence-electron chi connectivity index (χ2n) is 9.62. The Morgan fingerprint density at radius 3 is 2.48 bits per heavy atom. The van der Waals surface area contributed by atoms with Crippen LogP contribution in [0.25, 0.3) is 0 Å². The molecule has 3 saturated heterocycles. The molecule has 1 spiro atoms. The molecule has 188 valence electrons. The van der Waals surface area contributed by atoms with Gasteiger partial charge in [-0.15, -0.1) is 11.8 Å². The van der Waals surface area contributed by atoms with Gasteiger partial charge in [0, 0.05) is 36.3 Å². The van der Waals surface area contributed by atoms with Gasteiger partial charge in [-0.3, -0.25) is 14.4 Å². The lowest BCUT2D eigenvalue weighted by Crippen LogP contribution is -2.55. The van der Waals surface area contributed by atoms with Crippen molar-refractivity contribution >= 4 is 45.4 Å². The van der Waals surface area contributed by atoms with Gasteiger partial charge in [0.25, 0.3) is 0 Å². The first-order valence-electron chi connectivity index (χ1n) is 12.7. The van der Waals surface area contributed by atoms with Gasteiger partial charge in [0.1, 0.15) is 6.04 Å². The summed E-state index contributed by atoms with van der Waals surface area (Å²) in [6.07, 6.45) is 8.02. The number of nitrogens with one attached hydrogen (secondary N) is 2. The van der Waals surface area contributed by atoms with Crippen molar-refractivity contribution in [1.29, 1.82) is 0 Å². The van der Waals surface area contributed by atoms with Crippen molar-refractivity contribution in [3.8, 4) is 0 Å². The average Bonchev–Trinajstić information content (AvgIpc) is 3.38. The molecule has 0 radical (unpaired) electrons. The van der Waals surface area contributed by atoms with E-state index < -0.39 is 22.6 Å². The van der Waals surface area contributed by atoms with Crippen LogP contribution in [0, 0.1) is 11.8 Å². The number of fused-ring (bicyclic) bond motifs is 1. The number of aliphatic hydroxyl groups is 1. The molecule has 3 fully saturated rings. The number of hydrogen-bond donors (Lipinski definition) is 3. The molecule has 3 N–H and O–H groups in total. The second kappa shape index (κ2) is 12.2. The normalized spacial score (nSPS) is 32.3. The van der Waals surface area contributed by atoms with E-state index >= 15 is 0 Å². The van der Waals surface area contributed by atoms with E-state index in [0.29, 0.717) is 19.6 Å². The highest BCUT2D eigenvalue weighted by Gasteiger charge is 2.75. The first kappa shape index (κ1) is 26.8. The van der Waals surface area contributed by atoms with Crippen molar-refractivity contribution in [2.45, 2.75) is 92.5 Å². The van der Waals surface area contributed by atoms with E-state index in [-0.39, 0.29) is 34.4 Å². The van der Waals surface area contributed by atoms with Crippen LogP contribution in [0.4, 0.5) is 0 Å². The average molecular weight is 547 g/mol. The highest BCUT2D eigenvalue weighted by atomic mass is 79.9. The Hall–Kier alpha value is -0.800. The number of hydrogen-bond acceptors (Lipinski definition) is 5. The molecule has 0 aromatic rings. The maximum Gasteiger partial charge on any atom is 0.244 e. The zero-order valence-corrected chi connectivity index (χ0v) is 22.4. The molecular weight excluding hydrogens is 506 g/mol. The molecule has 0 aromatic heterocycles. The van der Waals surface area contributed by atoms with Gasteiger partial charge in [0.15, 0.2) is 0 Å². The Morgan fingerprint density at radius 2 is 1.79 bits per heavy atom. The summed E-state index contributed by atoms with van der Waals surface area (Å²) in [5, 5.41) is 15.2. The summed E-state index contributed by atoms with van der Waals surface area (Å²) >= 11 is 5.49. The number of unbranched alkanes of at least 4 members (excludes halogenated alkanes) is 5. The fourth-order valence-electron chi connectivity index (χ4n) is 5.77. The highest BCUT2D eigenvalue weighted by molar-refractivity contribution is 9.09. The van der Waals surface area contributed by atoms with Crippen LogP contribution in [0.3, 0.4) is 0 Å². The number of alkyl halides is 1. The lowest BCUT2D eigenvalue weighted by Gasteiger charge is -2.35. The summed E-state index contributed by atoms with van der Waals surface area (Å²) in [6, 6.07) is -0.534. The van der Waals surface area contributed by atoms with Gasteiger partial charge in [0.05, 0.1) is 16.6 Å². The van der Waals surface area contributed by atoms with Crippen LogP contribution < -0.4 is 10.6 Å². The van der Waals surface area contributed by atoms with Crippen LogP contribution in [0.5, 0.6) is 0 Å². The van der Waals surface area contributed by atoms with Crippen LogP contribution in [-0.4, -0.2) is 74.8 Å². The lowest BCUT2D eigenvalue weighted by molar-refractivity contribution is -0.140. The number of amides is 3. The minimum atomic E-state index is -0.552. The number of thioether (sulfide) groups is 1. The van der Waals surface area contributed by atoms with E-state index in [1.165, 1.54) is 0 Å². The third-order valence-corrected chi connectivity index (χ3v) is 10.5. The lowest BCUT2D eigenvalue weighted by atomic mass is 9.70. The van der Waals surface area contributed by atoms with Crippen molar-refractivity contribution in [1.82, 2.24) is 15.5 Å². The fraction of sp³-hybridized carbons (Fsp3) is 0.875. The van der Waals surface area contributed by atoms with E-state index in [2.05, 4.69) is 33.5 Å². The molecule has 3 unspecified atom stereocenters. The van der Waals surface area contributed by atoms with E-state index in [9.17, 15) is 14.4 Å². The van der Waals surface area contributed by atoms with E-state index in [1.807, 2.05) is 6.92 Å². The van der Waals surface area contributed by atoms with E-state index in [4.69, 9.17) is 5.11 Å². The molecule has 9 heteroatoms. The third kappa shape index (κ3) is 5.40. The standard InChI is InChI=1S/C24H40BrN3O4S/c1-3-5-8-12-27-22(31)20-24-15-16(25)19(33-24)17(21(30)26-11-4-2)18(24)23(32)28(20)13-9-6-7-10-14-29/h16-20,29H,3-15H2,1-2H3,(H,26,30)(H,27,31)/t16?,17-,18-,19-,20?,24?/m0/s1. The predicted octanol–water partition coefficient (Wildman–Crippen LogP) is 2.84. The van der Waals surface area contributed by atoms with Gasteiger partial charge in [-0.2, -0.15) is 0 Å². The summed E-state index contributed by atoms with van der Waals surface area (Å²) in [5.74, 6) is -0.994. The van der Waals surface area contributed by atoms with Crippen molar-refractivity contribution in [3.05, 3.63) is 0 Å². The molecule has 3 amide bonds. The molecule has 3 heterocycles. The zero-order valence-electron chi connectivity index (χ0n) is 20.0. The first-order chi connectivity index (χ1) is 15.9. The Balaban J connectivity index is 1.83. The number of likely N-dealkylation sites (tertiary alicyclic amines) is 1. The largest absolute Gasteiger partial charge is 0.396 e. The van der Waals surface area contributed by atoms with Crippen LogP contribution in [0.1, 0.15) is 71.6 Å². The van der Waals surface area contributed by atoms with Gasteiger partial charge in [-0.05, 0) is 32.1 Å². The third-order valence-electron chi connectivity index (χ3n) is 7.28. The van der Waals surface area contributed by atoms with Crippen molar-refractivity contribution in [3.63, 3.8) is 0 Å². The predicted molar refractivity (Wildman–Crippen MR) is 135 cm³/mol. The molecular formula is C24H40BrN3O4S. The smallest absolute Gasteiger partial charge is 0.244 e. The molecule has 0 aliphatic carbocycles. The number of rotatable bonds is 14. The fourth-order valence-corrected chi connectivity index (χ4v) is 9.38. The topological polar surface area (TPSA) is 98.7 Å². The zero-order chi connectivity index (χ0) is 24.0. The number of carbonyl (C=O) groups is 3. The number of aliphatic hydroxyl groups excluding tert-OH is 1. The van der Waals surface area contributed by atoms with Gasteiger partial charge < -0.3 is 20.6 Å². The molecule has 0 saturated carbocycles. The van der Waals surface area contributed by atoms with Gasteiger partial charge >= 0.3 is 0 Å². The van der Waals surface area contributed by atoms with Gasteiger partial charge in [-0.1, -0.05) is 55.5 Å². The maximum atomic E-state index is 13.8. The molecule has 7 nitrogen and oxygen atoms in total. The summed E-state index contributed by atoms with van der Waals surface area (Å²) < 4.78 is -0.552. The first-order valence-corrected chi connectivity index (χ1v) is 14.5. The number of nitrogens with zero attached hydrogens (tertiary/aromatic N) is 1. The molecule has 3 aliphatic rings. The number of halogens is 1. The number of carbonyl (C=O) groups excluding carboxylic acids is 3. The van der Waals surface area contributed by atoms with E-state index in [1.54, 1.807) is 16.7 Å². The molecule has 3 aliphatic heterocycles. The summed E-state index contributed by atoms with van der Waals surface area (Å²) in [4.78, 5) is 42.3. The quantitative estimate of drug-likeness (QED) is 0.230. The Morgan fingerprint density at radius 1 is 1.06 bits per heavy atom. The van der Waals surface area contributed by atoms with Crippen LogP contribution in [-0.2, 0) is 14.4 Å². The SMILES string of the molecule is CCCCCNC(=O)C1N(CCCCCCO)C(=O)[C@@H]2[C@H](C(=O)NCCC)[C@H]3SC12CC3Br. The molecule has 6 atom stereocenters. The summed E-state index contributed by atoms with van der Waals surface area (Å²) in [7, 11) is 0. The summed E-state index contributed by atoms with van der Waals surface area (Å²) in [5.41, 5.74) is 0.